The second-order valence-corrected chi connectivity index (χ2v) is 3.52. The van der Waals surface area contributed by atoms with Crippen LogP contribution < -0.4 is 0 Å². The number of aliphatic hydroxyl groups is 1. The maximum Gasteiger partial charge on any atom is 0.416 e. The molecule has 1 aromatic rings. The lowest BCUT2D eigenvalue weighted by molar-refractivity contribution is -0.137. The summed E-state index contributed by atoms with van der Waals surface area (Å²) >= 11 is 5.64. The van der Waals surface area contributed by atoms with Crippen molar-refractivity contribution in [3.63, 3.8) is 0 Å². The van der Waals surface area contributed by atoms with Crippen LogP contribution in [0.2, 0.25) is 5.02 Å². The van der Waals surface area contributed by atoms with Crippen LogP contribution in [0.15, 0.2) is 18.2 Å². The van der Waals surface area contributed by atoms with Crippen LogP contribution >= 0.6 is 11.6 Å². The van der Waals surface area contributed by atoms with Crippen molar-refractivity contribution in [1.82, 2.24) is 0 Å². The average Bonchev–Trinajstić information content (AvgIpc) is 2.16. The summed E-state index contributed by atoms with van der Waals surface area (Å²) < 4.78 is 37.1. The molecule has 0 aliphatic carbocycles. The van der Waals surface area contributed by atoms with Crippen molar-refractivity contribution in [3.05, 3.63) is 34.3 Å². The first-order valence-corrected chi connectivity index (χ1v) is 4.65. The summed E-state index contributed by atoms with van der Waals surface area (Å²) in [6.07, 6.45) is -6.10. The molecule has 86 valence electrons. The molecule has 0 aromatic heterocycles. The standard InChI is InChI=1S/C10H7ClF3NO/c11-8-2-1-6(10(12,13)14)5-7(8)9(16)3-4-15/h1-2,5,9,16H,3H2. The minimum atomic E-state index is -4.49. The van der Waals surface area contributed by atoms with Crippen molar-refractivity contribution < 1.29 is 18.3 Å². The summed E-state index contributed by atoms with van der Waals surface area (Å²) in [6.45, 7) is 0. The zero-order valence-corrected chi connectivity index (χ0v) is 8.68. The third-order valence-electron chi connectivity index (χ3n) is 1.97. The van der Waals surface area contributed by atoms with Gasteiger partial charge >= 0.3 is 6.18 Å². The maximum absolute atomic E-state index is 12.4. The average molecular weight is 250 g/mol. The topological polar surface area (TPSA) is 44.0 Å². The highest BCUT2D eigenvalue weighted by atomic mass is 35.5. The number of hydrogen-bond donors (Lipinski definition) is 1. The minimum Gasteiger partial charge on any atom is -0.387 e. The van der Waals surface area contributed by atoms with Gasteiger partial charge in [-0.1, -0.05) is 11.6 Å². The molecule has 0 aliphatic heterocycles. The van der Waals surface area contributed by atoms with Crippen LogP contribution in [0.4, 0.5) is 13.2 Å². The molecule has 0 fully saturated rings. The van der Waals surface area contributed by atoms with Gasteiger partial charge in [0.2, 0.25) is 0 Å². The summed E-state index contributed by atoms with van der Waals surface area (Å²) in [4.78, 5) is 0. The number of benzene rings is 1. The molecule has 16 heavy (non-hydrogen) atoms. The van der Waals surface area contributed by atoms with Gasteiger partial charge in [-0.3, -0.25) is 0 Å². The Morgan fingerprint density at radius 1 is 1.44 bits per heavy atom. The van der Waals surface area contributed by atoms with Crippen LogP contribution in [-0.4, -0.2) is 5.11 Å². The molecule has 0 bridgehead atoms. The van der Waals surface area contributed by atoms with Crippen molar-refractivity contribution in [3.8, 4) is 6.07 Å². The van der Waals surface area contributed by atoms with Crippen LogP contribution in [0.1, 0.15) is 23.7 Å². The monoisotopic (exact) mass is 249 g/mol. The van der Waals surface area contributed by atoms with Gasteiger partial charge in [-0.25, -0.2) is 0 Å². The zero-order chi connectivity index (χ0) is 12.3. The fourth-order valence-corrected chi connectivity index (χ4v) is 1.42. The van der Waals surface area contributed by atoms with E-state index in [4.69, 9.17) is 16.9 Å². The van der Waals surface area contributed by atoms with Gasteiger partial charge < -0.3 is 5.11 Å². The Morgan fingerprint density at radius 2 is 2.06 bits per heavy atom. The molecule has 0 aliphatic rings. The van der Waals surface area contributed by atoms with Crippen molar-refractivity contribution in [1.29, 1.82) is 5.26 Å². The lowest BCUT2D eigenvalue weighted by Gasteiger charge is -2.13. The van der Waals surface area contributed by atoms with Gasteiger partial charge in [-0.2, -0.15) is 18.4 Å². The highest BCUT2D eigenvalue weighted by Crippen LogP contribution is 2.34. The van der Waals surface area contributed by atoms with E-state index in [1.165, 1.54) is 0 Å². The molecule has 0 saturated carbocycles. The van der Waals surface area contributed by atoms with E-state index in [-0.39, 0.29) is 17.0 Å². The molecule has 0 heterocycles. The number of rotatable bonds is 2. The lowest BCUT2D eigenvalue weighted by Crippen LogP contribution is -2.07. The van der Waals surface area contributed by atoms with Gasteiger partial charge in [-0.15, -0.1) is 0 Å². The van der Waals surface area contributed by atoms with Crippen LogP contribution in [0, 0.1) is 11.3 Å². The van der Waals surface area contributed by atoms with Gasteiger partial charge in [-0.05, 0) is 18.2 Å². The predicted molar refractivity (Wildman–Crippen MR) is 51.6 cm³/mol. The minimum absolute atomic E-state index is 0.00995. The summed E-state index contributed by atoms with van der Waals surface area (Å²) in [5.74, 6) is 0. The van der Waals surface area contributed by atoms with Crippen molar-refractivity contribution in [2.45, 2.75) is 18.7 Å². The molecule has 2 nitrogen and oxygen atoms in total. The van der Waals surface area contributed by atoms with E-state index in [9.17, 15) is 18.3 Å². The third-order valence-corrected chi connectivity index (χ3v) is 2.31. The smallest absolute Gasteiger partial charge is 0.387 e. The molecule has 1 rings (SSSR count). The Morgan fingerprint density at radius 3 is 2.56 bits per heavy atom. The molecule has 1 unspecified atom stereocenters. The molecule has 0 radical (unpaired) electrons. The number of hydrogen-bond acceptors (Lipinski definition) is 2. The highest BCUT2D eigenvalue weighted by Gasteiger charge is 2.31. The lowest BCUT2D eigenvalue weighted by atomic mass is 10.0. The van der Waals surface area contributed by atoms with Crippen LogP contribution in [0.5, 0.6) is 0 Å². The summed E-state index contributed by atoms with van der Waals surface area (Å²) in [5.41, 5.74) is -0.984. The normalized spacial score (nSPS) is 13.2. The Labute approximate surface area is 94.9 Å². The summed E-state index contributed by atoms with van der Waals surface area (Å²) in [7, 11) is 0. The second kappa shape index (κ2) is 4.73. The molecular formula is C10H7ClF3NO. The highest BCUT2D eigenvalue weighted by molar-refractivity contribution is 6.31. The fraction of sp³-hybridized carbons (Fsp3) is 0.300. The van der Waals surface area contributed by atoms with E-state index in [0.29, 0.717) is 0 Å². The number of alkyl halides is 3. The third kappa shape index (κ3) is 2.87. The first-order valence-electron chi connectivity index (χ1n) is 4.28. The first-order chi connectivity index (χ1) is 7.36. The SMILES string of the molecule is N#CCC(O)c1cc(C(F)(F)F)ccc1Cl. The van der Waals surface area contributed by atoms with Crippen molar-refractivity contribution in [2.24, 2.45) is 0 Å². The quantitative estimate of drug-likeness (QED) is 0.874. The Kier molecular flexibility index (Phi) is 3.79. The Balaban J connectivity index is 3.15. The number of aliphatic hydroxyl groups excluding tert-OH is 1. The summed E-state index contributed by atoms with van der Waals surface area (Å²) in [5, 5.41) is 17.8. The van der Waals surface area contributed by atoms with E-state index in [1.54, 1.807) is 6.07 Å². The van der Waals surface area contributed by atoms with Crippen LogP contribution in [0.3, 0.4) is 0 Å². The van der Waals surface area contributed by atoms with Crippen LogP contribution in [0.25, 0.3) is 0 Å². The maximum atomic E-state index is 12.4. The molecular weight excluding hydrogens is 243 g/mol. The second-order valence-electron chi connectivity index (χ2n) is 3.11. The van der Waals surface area contributed by atoms with Gasteiger partial charge in [0.15, 0.2) is 0 Å². The van der Waals surface area contributed by atoms with E-state index in [1.807, 2.05) is 0 Å². The number of halogens is 4. The van der Waals surface area contributed by atoms with E-state index in [2.05, 4.69) is 0 Å². The zero-order valence-electron chi connectivity index (χ0n) is 7.92. The van der Waals surface area contributed by atoms with Gasteiger partial charge in [0, 0.05) is 10.6 Å². The molecule has 1 N–H and O–H groups in total. The molecule has 1 atom stereocenters. The molecule has 0 amide bonds. The van der Waals surface area contributed by atoms with E-state index in [0.717, 1.165) is 18.2 Å². The van der Waals surface area contributed by atoms with Crippen molar-refractivity contribution >= 4 is 11.6 Å². The number of nitriles is 1. The van der Waals surface area contributed by atoms with Crippen molar-refractivity contribution in [2.75, 3.05) is 0 Å². The molecule has 0 spiro atoms. The fourth-order valence-electron chi connectivity index (χ4n) is 1.17. The summed E-state index contributed by atoms with van der Waals surface area (Å²) in [6, 6.07) is 4.30. The first kappa shape index (κ1) is 12.8. The molecule has 0 saturated heterocycles. The largest absolute Gasteiger partial charge is 0.416 e. The van der Waals surface area contributed by atoms with Gasteiger partial charge in [0.05, 0.1) is 24.2 Å². The predicted octanol–water partition coefficient (Wildman–Crippen LogP) is 3.31. The Bertz CT molecular complexity index is 425. The van der Waals surface area contributed by atoms with E-state index >= 15 is 0 Å². The van der Waals surface area contributed by atoms with E-state index < -0.39 is 17.8 Å². The van der Waals surface area contributed by atoms with Crippen LogP contribution in [-0.2, 0) is 6.18 Å². The molecule has 1 aromatic carbocycles. The Hall–Kier alpha value is -1.25. The number of nitrogens with zero attached hydrogens (tertiary/aromatic N) is 1. The van der Waals surface area contributed by atoms with Gasteiger partial charge in [0.25, 0.3) is 0 Å². The van der Waals surface area contributed by atoms with Gasteiger partial charge in [0.1, 0.15) is 0 Å². The molecule has 6 heteroatoms.